The van der Waals surface area contributed by atoms with E-state index in [4.69, 9.17) is 4.74 Å². The summed E-state index contributed by atoms with van der Waals surface area (Å²) in [6.07, 6.45) is 1.48. The highest BCUT2D eigenvalue weighted by Crippen LogP contribution is 2.26. The van der Waals surface area contributed by atoms with Gasteiger partial charge < -0.3 is 9.64 Å². The second kappa shape index (κ2) is 7.97. The number of hydrogen-bond acceptors (Lipinski definition) is 5. The third-order valence-electron chi connectivity index (χ3n) is 4.75. The average molecular weight is 385 g/mol. The van der Waals surface area contributed by atoms with Gasteiger partial charge in [0.05, 0.1) is 17.9 Å². The maximum absolute atomic E-state index is 12.9. The quantitative estimate of drug-likeness (QED) is 0.790. The topological polar surface area (TPSA) is 66.9 Å². The van der Waals surface area contributed by atoms with E-state index in [1.54, 1.807) is 31.4 Å². The first kappa shape index (κ1) is 18.5. The summed E-state index contributed by atoms with van der Waals surface area (Å²) in [5.74, 6) is 2.42. The molecule has 25 heavy (non-hydrogen) atoms. The molecule has 2 aliphatic rings. The minimum atomic E-state index is -3.58. The smallest absolute Gasteiger partial charge is 0.243 e. The number of carbonyl (C=O) groups excluding carboxylic acids is 1. The van der Waals surface area contributed by atoms with Crippen LogP contribution in [-0.4, -0.2) is 68.3 Å². The second-order valence-electron chi connectivity index (χ2n) is 6.32. The molecule has 1 atom stereocenters. The molecule has 0 spiro atoms. The van der Waals surface area contributed by atoms with Crippen LogP contribution < -0.4 is 4.74 Å². The number of ether oxygens (including phenoxy) is 1. The van der Waals surface area contributed by atoms with Crippen LogP contribution in [0.1, 0.15) is 12.8 Å². The molecule has 2 heterocycles. The van der Waals surface area contributed by atoms with E-state index in [9.17, 15) is 13.2 Å². The van der Waals surface area contributed by atoms with Crippen LogP contribution in [0, 0.1) is 5.92 Å². The molecular weight excluding hydrogens is 360 g/mol. The Labute approximate surface area is 153 Å². The molecule has 1 aromatic carbocycles. The lowest BCUT2D eigenvalue weighted by Gasteiger charge is -2.35. The van der Waals surface area contributed by atoms with E-state index >= 15 is 0 Å². The number of thioether (sulfide) groups is 1. The van der Waals surface area contributed by atoms with Crippen LogP contribution in [0.5, 0.6) is 5.75 Å². The molecule has 0 bridgehead atoms. The van der Waals surface area contributed by atoms with Crippen molar-refractivity contribution >= 4 is 27.7 Å². The van der Waals surface area contributed by atoms with Crippen molar-refractivity contribution in [2.45, 2.75) is 17.7 Å². The number of amides is 1. The molecular formula is C17H24N2O4S2. The van der Waals surface area contributed by atoms with E-state index < -0.39 is 10.0 Å². The average Bonchev–Trinajstić information content (AvgIpc) is 2.68. The summed E-state index contributed by atoms with van der Waals surface area (Å²) < 4.78 is 32.3. The zero-order valence-electron chi connectivity index (χ0n) is 14.4. The molecule has 3 rings (SSSR count). The molecule has 1 amide bonds. The summed E-state index contributed by atoms with van der Waals surface area (Å²) in [7, 11) is -2.04. The Balaban J connectivity index is 1.71. The van der Waals surface area contributed by atoms with Crippen molar-refractivity contribution in [1.29, 1.82) is 0 Å². The molecule has 2 aliphatic heterocycles. The first-order valence-corrected chi connectivity index (χ1v) is 11.1. The third kappa shape index (κ3) is 4.12. The van der Waals surface area contributed by atoms with E-state index in [1.165, 1.54) is 4.31 Å². The lowest BCUT2D eigenvalue weighted by atomic mass is 9.98. The Hall–Kier alpha value is -1.25. The molecule has 8 heteroatoms. The summed E-state index contributed by atoms with van der Waals surface area (Å²) in [6, 6.07) is 6.40. The summed E-state index contributed by atoms with van der Waals surface area (Å²) in [6.45, 7) is 2.28. The SMILES string of the molecule is COc1ccc(S(=O)(=O)N2CCCC(C(=O)N3CCSCC3)C2)cc1. The van der Waals surface area contributed by atoms with Crippen LogP contribution in [-0.2, 0) is 14.8 Å². The van der Waals surface area contributed by atoms with Crippen LogP contribution in [0.3, 0.4) is 0 Å². The summed E-state index contributed by atoms with van der Waals surface area (Å²) in [5, 5.41) is 0. The Morgan fingerprint density at radius 3 is 2.48 bits per heavy atom. The number of sulfonamides is 1. The molecule has 0 radical (unpaired) electrons. The Morgan fingerprint density at radius 2 is 1.84 bits per heavy atom. The van der Waals surface area contributed by atoms with Crippen LogP contribution in [0.25, 0.3) is 0 Å². The van der Waals surface area contributed by atoms with Crippen molar-refractivity contribution in [3.05, 3.63) is 24.3 Å². The highest BCUT2D eigenvalue weighted by Gasteiger charge is 2.35. The number of nitrogens with zero attached hydrogens (tertiary/aromatic N) is 2. The molecule has 1 unspecified atom stereocenters. The first-order chi connectivity index (χ1) is 12.0. The predicted molar refractivity (Wildman–Crippen MR) is 98.4 cm³/mol. The largest absolute Gasteiger partial charge is 0.497 e. The van der Waals surface area contributed by atoms with Crippen molar-refractivity contribution < 1.29 is 17.9 Å². The number of rotatable bonds is 4. The van der Waals surface area contributed by atoms with Gasteiger partial charge in [-0.25, -0.2) is 8.42 Å². The predicted octanol–water partition coefficient (Wildman–Crippen LogP) is 1.67. The lowest BCUT2D eigenvalue weighted by Crippen LogP contribution is -2.48. The van der Waals surface area contributed by atoms with Gasteiger partial charge in [0.25, 0.3) is 0 Å². The normalized spacial score (nSPS) is 22.6. The zero-order valence-corrected chi connectivity index (χ0v) is 16.0. The Bertz CT molecular complexity index is 700. The molecule has 0 aliphatic carbocycles. The van der Waals surface area contributed by atoms with Crippen LogP contribution in [0.2, 0.25) is 0 Å². The van der Waals surface area contributed by atoms with Gasteiger partial charge in [0.1, 0.15) is 5.75 Å². The number of benzene rings is 1. The molecule has 6 nitrogen and oxygen atoms in total. The minimum Gasteiger partial charge on any atom is -0.497 e. The fourth-order valence-electron chi connectivity index (χ4n) is 3.30. The van der Waals surface area contributed by atoms with Gasteiger partial charge >= 0.3 is 0 Å². The van der Waals surface area contributed by atoms with Crippen LogP contribution >= 0.6 is 11.8 Å². The van der Waals surface area contributed by atoms with Gasteiger partial charge in [-0.05, 0) is 37.1 Å². The lowest BCUT2D eigenvalue weighted by molar-refractivity contribution is -0.136. The van der Waals surface area contributed by atoms with Crippen molar-refractivity contribution in [3.63, 3.8) is 0 Å². The molecule has 138 valence electrons. The zero-order chi connectivity index (χ0) is 17.9. The van der Waals surface area contributed by atoms with Crippen molar-refractivity contribution in [2.24, 2.45) is 5.92 Å². The fourth-order valence-corrected chi connectivity index (χ4v) is 5.73. The van der Waals surface area contributed by atoms with E-state index in [1.807, 2.05) is 16.7 Å². The molecule has 0 aromatic heterocycles. The standard InChI is InChI=1S/C17H24N2O4S2/c1-23-15-4-6-16(7-5-15)25(21,22)19-8-2-3-14(13-19)17(20)18-9-11-24-12-10-18/h4-7,14H,2-3,8-13H2,1H3. The van der Waals surface area contributed by atoms with Crippen molar-refractivity contribution in [3.8, 4) is 5.75 Å². The maximum Gasteiger partial charge on any atom is 0.243 e. The number of piperidine rings is 1. The molecule has 0 N–H and O–H groups in total. The maximum atomic E-state index is 12.9. The second-order valence-corrected chi connectivity index (χ2v) is 9.48. The van der Waals surface area contributed by atoms with E-state index in [2.05, 4.69) is 0 Å². The summed E-state index contributed by atoms with van der Waals surface area (Å²) >= 11 is 1.86. The van der Waals surface area contributed by atoms with Gasteiger partial charge in [-0.3, -0.25) is 4.79 Å². The highest BCUT2D eigenvalue weighted by molar-refractivity contribution is 7.99. The minimum absolute atomic E-state index is 0.106. The van der Waals surface area contributed by atoms with Crippen LogP contribution in [0.15, 0.2) is 29.2 Å². The number of carbonyl (C=O) groups is 1. The van der Waals surface area contributed by atoms with E-state index in [-0.39, 0.29) is 23.3 Å². The van der Waals surface area contributed by atoms with Crippen molar-refractivity contribution in [2.75, 3.05) is 44.8 Å². The Kier molecular flexibility index (Phi) is 5.91. The fraction of sp³-hybridized carbons (Fsp3) is 0.588. The van der Waals surface area contributed by atoms with Gasteiger partial charge in [-0.1, -0.05) is 0 Å². The third-order valence-corrected chi connectivity index (χ3v) is 7.58. The van der Waals surface area contributed by atoms with E-state index in [0.29, 0.717) is 18.7 Å². The number of methoxy groups -OCH3 is 1. The van der Waals surface area contributed by atoms with Gasteiger partial charge in [0, 0.05) is 37.7 Å². The van der Waals surface area contributed by atoms with Gasteiger partial charge in [0.2, 0.25) is 15.9 Å². The van der Waals surface area contributed by atoms with Gasteiger partial charge in [-0.15, -0.1) is 0 Å². The Morgan fingerprint density at radius 1 is 1.16 bits per heavy atom. The monoisotopic (exact) mass is 384 g/mol. The molecule has 2 saturated heterocycles. The van der Waals surface area contributed by atoms with Gasteiger partial charge in [0.15, 0.2) is 0 Å². The molecule has 0 saturated carbocycles. The number of hydrogen-bond donors (Lipinski definition) is 0. The van der Waals surface area contributed by atoms with Crippen LogP contribution in [0.4, 0.5) is 0 Å². The van der Waals surface area contributed by atoms with Crippen molar-refractivity contribution in [1.82, 2.24) is 9.21 Å². The molecule has 2 fully saturated rings. The summed E-state index contributed by atoms with van der Waals surface area (Å²) in [5.41, 5.74) is 0. The van der Waals surface area contributed by atoms with E-state index in [0.717, 1.165) is 31.0 Å². The summed E-state index contributed by atoms with van der Waals surface area (Å²) in [4.78, 5) is 14.9. The highest BCUT2D eigenvalue weighted by atomic mass is 32.2. The van der Waals surface area contributed by atoms with Gasteiger partial charge in [-0.2, -0.15) is 16.1 Å². The molecule has 1 aromatic rings. The first-order valence-electron chi connectivity index (χ1n) is 8.53.